The van der Waals surface area contributed by atoms with Gasteiger partial charge in [0, 0.05) is 24.6 Å². The molecule has 5 nitrogen and oxygen atoms in total. The van der Waals surface area contributed by atoms with E-state index < -0.39 is 0 Å². The highest BCUT2D eigenvalue weighted by Crippen LogP contribution is 2.33. The molecule has 33 heavy (non-hydrogen) atoms. The number of nitrogens with zero attached hydrogens (tertiary/aromatic N) is 3. The molecule has 0 bridgehead atoms. The van der Waals surface area contributed by atoms with E-state index in [1.165, 1.54) is 12.1 Å². The molecule has 2 aromatic heterocycles. The Kier molecular flexibility index (Phi) is 5.81. The Balaban J connectivity index is 1.45. The molecule has 5 rings (SSSR count). The number of aromatic amines is 1. The van der Waals surface area contributed by atoms with Crippen molar-refractivity contribution >= 4 is 34.4 Å². The summed E-state index contributed by atoms with van der Waals surface area (Å²) >= 11 is 1.55. The summed E-state index contributed by atoms with van der Waals surface area (Å²) in [6, 6.07) is 12.9. The number of nitrogens with one attached hydrogen (secondary N) is 1. The number of H-pyrrole nitrogens is 1. The van der Waals surface area contributed by atoms with Crippen molar-refractivity contribution < 1.29 is 9.18 Å². The average Bonchev–Trinajstić information content (AvgIpc) is 3.42. The Hall–Kier alpha value is -3.32. The zero-order chi connectivity index (χ0) is 22.9. The van der Waals surface area contributed by atoms with Crippen LogP contribution in [-0.4, -0.2) is 38.3 Å². The SMILES string of the molecule is C=Cc1cc(F)cc2[nH]c(C[C@@H]3CCCCN3C(=O)c3nc(C)sc3-c3ccccc3)nc12. The van der Waals surface area contributed by atoms with Crippen molar-refractivity contribution in [2.45, 2.75) is 38.6 Å². The minimum absolute atomic E-state index is 0.00877. The van der Waals surface area contributed by atoms with Crippen molar-refractivity contribution in [3.8, 4) is 10.4 Å². The number of likely N-dealkylation sites (tertiary alicyclic amines) is 1. The van der Waals surface area contributed by atoms with Crippen LogP contribution in [0.15, 0.2) is 49.0 Å². The minimum atomic E-state index is -0.325. The van der Waals surface area contributed by atoms with Gasteiger partial charge in [-0.1, -0.05) is 43.0 Å². The van der Waals surface area contributed by atoms with Gasteiger partial charge in [-0.05, 0) is 43.9 Å². The van der Waals surface area contributed by atoms with Crippen LogP contribution in [0.25, 0.3) is 27.6 Å². The molecule has 0 radical (unpaired) electrons. The lowest BCUT2D eigenvalue weighted by Gasteiger charge is -2.35. The van der Waals surface area contributed by atoms with Gasteiger partial charge in [0.25, 0.3) is 5.91 Å². The number of fused-ring (bicyclic) bond motifs is 1. The van der Waals surface area contributed by atoms with Crippen LogP contribution >= 0.6 is 11.3 Å². The van der Waals surface area contributed by atoms with Crippen LogP contribution in [0.1, 0.15) is 46.1 Å². The van der Waals surface area contributed by atoms with Gasteiger partial charge in [0.2, 0.25) is 0 Å². The molecule has 0 spiro atoms. The minimum Gasteiger partial charge on any atom is -0.342 e. The maximum absolute atomic E-state index is 13.9. The van der Waals surface area contributed by atoms with Gasteiger partial charge < -0.3 is 9.88 Å². The molecule has 0 aliphatic carbocycles. The number of rotatable bonds is 5. The Morgan fingerprint density at radius 2 is 2.09 bits per heavy atom. The first kappa shape index (κ1) is 21.5. The summed E-state index contributed by atoms with van der Waals surface area (Å²) in [6.07, 6.45) is 5.13. The molecule has 1 aliphatic heterocycles. The first-order valence-electron chi connectivity index (χ1n) is 11.2. The maximum atomic E-state index is 13.9. The van der Waals surface area contributed by atoms with Crippen molar-refractivity contribution in [2.75, 3.05) is 6.54 Å². The molecule has 1 atom stereocenters. The fourth-order valence-corrected chi connectivity index (χ4v) is 5.52. The van der Waals surface area contributed by atoms with E-state index >= 15 is 0 Å². The molecule has 1 N–H and O–H groups in total. The summed E-state index contributed by atoms with van der Waals surface area (Å²) in [5, 5.41) is 0.877. The summed E-state index contributed by atoms with van der Waals surface area (Å²) in [5.74, 6) is 0.396. The third kappa shape index (κ3) is 4.20. The molecule has 2 aromatic carbocycles. The first-order valence-corrected chi connectivity index (χ1v) is 12.0. The highest BCUT2D eigenvalue weighted by molar-refractivity contribution is 7.15. The molecule has 0 saturated carbocycles. The van der Waals surface area contributed by atoms with Gasteiger partial charge in [-0.3, -0.25) is 4.79 Å². The second-order valence-electron chi connectivity index (χ2n) is 8.41. The molecule has 4 aromatic rings. The summed E-state index contributed by atoms with van der Waals surface area (Å²) in [7, 11) is 0. The third-order valence-electron chi connectivity index (χ3n) is 6.14. The maximum Gasteiger partial charge on any atom is 0.274 e. The summed E-state index contributed by atoms with van der Waals surface area (Å²) in [5.41, 5.74) is 3.55. The summed E-state index contributed by atoms with van der Waals surface area (Å²) in [4.78, 5) is 29.1. The van der Waals surface area contributed by atoms with Gasteiger partial charge in [-0.2, -0.15) is 0 Å². The monoisotopic (exact) mass is 460 g/mol. The molecule has 168 valence electrons. The molecule has 1 aliphatic rings. The lowest BCUT2D eigenvalue weighted by Crippen LogP contribution is -2.45. The zero-order valence-corrected chi connectivity index (χ0v) is 19.3. The lowest BCUT2D eigenvalue weighted by atomic mass is 9.98. The molecule has 1 fully saturated rings. The van der Waals surface area contributed by atoms with E-state index in [-0.39, 0.29) is 17.8 Å². The van der Waals surface area contributed by atoms with Crippen LogP contribution in [0.4, 0.5) is 4.39 Å². The second kappa shape index (κ2) is 8.90. The van der Waals surface area contributed by atoms with Crippen LogP contribution < -0.4 is 0 Å². The fourth-order valence-electron chi connectivity index (χ4n) is 4.61. The van der Waals surface area contributed by atoms with E-state index in [0.717, 1.165) is 40.5 Å². The van der Waals surface area contributed by atoms with Gasteiger partial charge in [0.1, 0.15) is 17.3 Å². The number of hydrogen-bond donors (Lipinski definition) is 1. The number of imidazole rings is 1. The van der Waals surface area contributed by atoms with Crippen molar-refractivity contribution in [3.05, 3.63) is 77.0 Å². The van der Waals surface area contributed by atoms with Gasteiger partial charge in [0.05, 0.1) is 20.9 Å². The Morgan fingerprint density at radius 1 is 1.27 bits per heavy atom. The van der Waals surface area contributed by atoms with Crippen molar-refractivity contribution in [2.24, 2.45) is 0 Å². The smallest absolute Gasteiger partial charge is 0.274 e. The number of hydrogen-bond acceptors (Lipinski definition) is 4. The fraction of sp³-hybridized carbons (Fsp3) is 0.269. The molecule has 1 saturated heterocycles. The number of piperidine rings is 1. The summed E-state index contributed by atoms with van der Waals surface area (Å²) < 4.78 is 13.9. The van der Waals surface area contributed by atoms with Crippen LogP contribution in [0, 0.1) is 12.7 Å². The number of benzene rings is 2. The standard InChI is InChI=1S/C26H25FN4OS/c1-3-17-13-19(27)14-21-23(17)30-22(29-21)15-20-11-7-8-12-31(20)26(32)24-25(33-16(2)28-24)18-9-5-4-6-10-18/h3-6,9-10,13-14,20H,1,7-8,11-12,15H2,2H3,(H,29,30)/t20-/m0/s1. The number of aryl methyl sites for hydroxylation is 1. The van der Waals surface area contributed by atoms with E-state index in [1.54, 1.807) is 17.4 Å². The molecule has 7 heteroatoms. The number of amides is 1. The van der Waals surface area contributed by atoms with Crippen molar-refractivity contribution in [1.29, 1.82) is 0 Å². The second-order valence-corrected chi connectivity index (χ2v) is 9.61. The van der Waals surface area contributed by atoms with E-state index in [0.29, 0.717) is 35.3 Å². The van der Waals surface area contributed by atoms with E-state index in [2.05, 4.69) is 16.5 Å². The van der Waals surface area contributed by atoms with Gasteiger partial charge in [-0.15, -0.1) is 11.3 Å². The molecular weight excluding hydrogens is 435 g/mol. The Bertz CT molecular complexity index is 1330. The highest BCUT2D eigenvalue weighted by Gasteiger charge is 2.31. The predicted molar refractivity (Wildman–Crippen MR) is 131 cm³/mol. The van der Waals surface area contributed by atoms with Gasteiger partial charge >= 0.3 is 0 Å². The first-order chi connectivity index (χ1) is 16.0. The number of carbonyl (C=O) groups is 1. The molecule has 0 unspecified atom stereocenters. The largest absolute Gasteiger partial charge is 0.342 e. The third-order valence-corrected chi connectivity index (χ3v) is 7.16. The molecule has 1 amide bonds. The van der Waals surface area contributed by atoms with Gasteiger partial charge in [-0.25, -0.2) is 14.4 Å². The number of halogens is 1. The lowest BCUT2D eigenvalue weighted by molar-refractivity contribution is 0.0607. The van der Waals surface area contributed by atoms with Crippen molar-refractivity contribution in [3.63, 3.8) is 0 Å². The normalized spacial score (nSPS) is 16.3. The van der Waals surface area contributed by atoms with Crippen LogP contribution in [0.2, 0.25) is 0 Å². The van der Waals surface area contributed by atoms with Gasteiger partial charge in [0.15, 0.2) is 0 Å². The average molecular weight is 461 g/mol. The molecule has 3 heterocycles. The van der Waals surface area contributed by atoms with Crippen LogP contribution in [0.3, 0.4) is 0 Å². The number of aromatic nitrogens is 3. The molecular formula is C26H25FN4OS. The van der Waals surface area contributed by atoms with Crippen LogP contribution in [-0.2, 0) is 6.42 Å². The Morgan fingerprint density at radius 3 is 2.88 bits per heavy atom. The highest BCUT2D eigenvalue weighted by atomic mass is 32.1. The Labute approximate surface area is 196 Å². The van der Waals surface area contributed by atoms with E-state index in [1.807, 2.05) is 42.2 Å². The predicted octanol–water partition coefficient (Wildman–Crippen LogP) is 6.01. The zero-order valence-electron chi connectivity index (χ0n) is 18.5. The van der Waals surface area contributed by atoms with E-state index in [4.69, 9.17) is 4.98 Å². The summed E-state index contributed by atoms with van der Waals surface area (Å²) in [6.45, 7) is 6.40. The topological polar surface area (TPSA) is 61.9 Å². The van der Waals surface area contributed by atoms with Crippen molar-refractivity contribution in [1.82, 2.24) is 19.9 Å². The van der Waals surface area contributed by atoms with Crippen LogP contribution in [0.5, 0.6) is 0 Å². The number of thiazole rings is 1. The van der Waals surface area contributed by atoms with E-state index in [9.17, 15) is 9.18 Å². The quantitative estimate of drug-likeness (QED) is 0.396. The number of carbonyl (C=O) groups excluding carboxylic acids is 1.